The number of carbonyl (C=O) groups excluding carboxylic acids is 1. The van der Waals surface area contributed by atoms with Gasteiger partial charge in [0.2, 0.25) is 0 Å². The Morgan fingerprint density at radius 1 is 0.958 bits per heavy atom. The number of benzene rings is 2. The van der Waals surface area contributed by atoms with Crippen molar-refractivity contribution in [3.63, 3.8) is 0 Å². The van der Waals surface area contributed by atoms with Gasteiger partial charge in [0.1, 0.15) is 11.5 Å². The molecule has 0 atom stereocenters. The van der Waals surface area contributed by atoms with Gasteiger partial charge in [-0.2, -0.15) is 0 Å². The lowest BCUT2D eigenvalue weighted by Gasteiger charge is -2.09. The number of carbonyl (C=O) groups is 1. The number of nitrogens with zero attached hydrogens (tertiary/aromatic N) is 1. The fraction of sp³-hybridized carbons (Fsp3) is 0. The summed E-state index contributed by atoms with van der Waals surface area (Å²) in [6, 6.07) is 16.7. The minimum atomic E-state index is -0.486. The predicted molar refractivity (Wildman–Crippen MR) is 93.3 cm³/mol. The van der Waals surface area contributed by atoms with Gasteiger partial charge in [-0.1, -0.05) is 29.8 Å². The van der Waals surface area contributed by atoms with E-state index in [4.69, 9.17) is 11.6 Å². The number of hydrogen-bond donors (Lipinski definition) is 2. The lowest BCUT2D eigenvalue weighted by molar-refractivity contribution is 0.102. The van der Waals surface area contributed by atoms with Crippen molar-refractivity contribution in [2.75, 3.05) is 10.6 Å². The van der Waals surface area contributed by atoms with Crippen LogP contribution in [-0.2, 0) is 0 Å². The molecule has 0 aliphatic carbocycles. The first-order chi connectivity index (χ1) is 11.6. The summed E-state index contributed by atoms with van der Waals surface area (Å²) in [5, 5.41) is 5.85. The average molecular weight is 342 g/mol. The molecule has 120 valence electrons. The Labute approximate surface area is 143 Å². The molecule has 2 N–H and O–H groups in total. The monoisotopic (exact) mass is 341 g/mol. The zero-order valence-electron chi connectivity index (χ0n) is 12.5. The van der Waals surface area contributed by atoms with Crippen molar-refractivity contribution >= 4 is 34.6 Å². The number of hydrogen-bond acceptors (Lipinski definition) is 3. The number of halogens is 2. The second-order valence-corrected chi connectivity index (χ2v) is 5.41. The number of para-hydroxylation sites is 1. The fourth-order valence-electron chi connectivity index (χ4n) is 2.09. The minimum absolute atomic E-state index is 0.0242. The van der Waals surface area contributed by atoms with Crippen LogP contribution < -0.4 is 10.6 Å². The second kappa shape index (κ2) is 7.10. The van der Waals surface area contributed by atoms with Gasteiger partial charge in [0.05, 0.1) is 5.02 Å². The molecule has 0 fully saturated rings. The minimum Gasteiger partial charge on any atom is -0.355 e. The summed E-state index contributed by atoms with van der Waals surface area (Å²) in [5.41, 5.74) is 2.21. The summed E-state index contributed by atoms with van der Waals surface area (Å²) in [7, 11) is 0. The SMILES string of the molecule is O=C(Nc1ccccc1)c1cc(Nc2ccc(F)c(Cl)c2)ccn1. The normalized spacial score (nSPS) is 10.2. The Balaban J connectivity index is 1.76. The van der Waals surface area contributed by atoms with E-state index < -0.39 is 5.82 Å². The number of pyridine rings is 1. The highest BCUT2D eigenvalue weighted by molar-refractivity contribution is 6.31. The van der Waals surface area contributed by atoms with E-state index in [0.717, 1.165) is 0 Å². The molecule has 0 spiro atoms. The Kier molecular flexibility index (Phi) is 4.72. The Morgan fingerprint density at radius 3 is 2.46 bits per heavy atom. The number of rotatable bonds is 4. The van der Waals surface area contributed by atoms with Crippen molar-refractivity contribution in [2.24, 2.45) is 0 Å². The zero-order valence-corrected chi connectivity index (χ0v) is 13.2. The standard InChI is InChI=1S/C18H13ClFN3O/c19-15-10-13(6-7-16(15)20)22-14-8-9-21-17(11-14)18(24)23-12-4-2-1-3-5-12/h1-11H,(H,21,22)(H,23,24). The van der Waals surface area contributed by atoms with Crippen molar-refractivity contribution < 1.29 is 9.18 Å². The molecule has 0 aliphatic heterocycles. The second-order valence-electron chi connectivity index (χ2n) is 5.00. The third kappa shape index (κ3) is 3.88. The molecular formula is C18H13ClFN3O. The van der Waals surface area contributed by atoms with Gasteiger partial charge in [-0.25, -0.2) is 4.39 Å². The lowest BCUT2D eigenvalue weighted by atomic mass is 10.2. The van der Waals surface area contributed by atoms with E-state index in [1.807, 2.05) is 18.2 Å². The first kappa shape index (κ1) is 16.0. The smallest absolute Gasteiger partial charge is 0.274 e. The molecule has 0 bridgehead atoms. The van der Waals surface area contributed by atoms with Crippen molar-refractivity contribution in [3.05, 3.63) is 83.4 Å². The molecule has 0 radical (unpaired) electrons. The van der Waals surface area contributed by atoms with Crippen LogP contribution in [0.15, 0.2) is 66.9 Å². The topological polar surface area (TPSA) is 54.0 Å². The molecular weight excluding hydrogens is 329 g/mol. The molecule has 6 heteroatoms. The van der Waals surface area contributed by atoms with Gasteiger partial charge in [0.25, 0.3) is 5.91 Å². The van der Waals surface area contributed by atoms with E-state index in [-0.39, 0.29) is 16.6 Å². The lowest BCUT2D eigenvalue weighted by Crippen LogP contribution is -2.13. The molecule has 1 amide bonds. The Hall–Kier alpha value is -2.92. The maximum atomic E-state index is 13.2. The van der Waals surface area contributed by atoms with E-state index in [9.17, 15) is 9.18 Å². The third-order valence-electron chi connectivity index (χ3n) is 3.23. The van der Waals surface area contributed by atoms with E-state index >= 15 is 0 Å². The summed E-state index contributed by atoms with van der Waals surface area (Å²) in [6.07, 6.45) is 1.52. The van der Waals surface area contributed by atoms with Gasteiger partial charge < -0.3 is 10.6 Å². The van der Waals surface area contributed by atoms with Gasteiger partial charge in [0.15, 0.2) is 0 Å². The number of nitrogens with one attached hydrogen (secondary N) is 2. The van der Waals surface area contributed by atoms with Crippen molar-refractivity contribution in [3.8, 4) is 0 Å². The molecule has 0 saturated heterocycles. The van der Waals surface area contributed by atoms with E-state index in [1.54, 1.807) is 30.3 Å². The van der Waals surface area contributed by atoms with Gasteiger partial charge in [-0.3, -0.25) is 9.78 Å². The largest absolute Gasteiger partial charge is 0.355 e. The summed E-state index contributed by atoms with van der Waals surface area (Å²) in [6.45, 7) is 0. The highest BCUT2D eigenvalue weighted by atomic mass is 35.5. The molecule has 2 aromatic carbocycles. The zero-order chi connectivity index (χ0) is 16.9. The first-order valence-electron chi connectivity index (χ1n) is 7.16. The number of aromatic nitrogens is 1. The van der Waals surface area contributed by atoms with Gasteiger partial charge in [0, 0.05) is 23.3 Å². The van der Waals surface area contributed by atoms with Crippen LogP contribution in [0.25, 0.3) is 0 Å². The fourth-order valence-corrected chi connectivity index (χ4v) is 2.27. The van der Waals surface area contributed by atoms with Gasteiger partial charge in [-0.15, -0.1) is 0 Å². The highest BCUT2D eigenvalue weighted by Gasteiger charge is 2.09. The van der Waals surface area contributed by atoms with Gasteiger partial charge >= 0.3 is 0 Å². The van der Waals surface area contributed by atoms with Crippen molar-refractivity contribution in [1.29, 1.82) is 0 Å². The average Bonchev–Trinajstić information content (AvgIpc) is 2.59. The van der Waals surface area contributed by atoms with Crippen LogP contribution in [0.2, 0.25) is 5.02 Å². The molecule has 3 aromatic rings. The van der Waals surface area contributed by atoms with Crippen molar-refractivity contribution in [2.45, 2.75) is 0 Å². The molecule has 1 heterocycles. The molecule has 0 unspecified atom stereocenters. The third-order valence-corrected chi connectivity index (χ3v) is 3.52. The van der Waals surface area contributed by atoms with Crippen LogP contribution in [0.4, 0.5) is 21.5 Å². The van der Waals surface area contributed by atoms with Crippen LogP contribution in [0.1, 0.15) is 10.5 Å². The Morgan fingerprint density at radius 2 is 1.71 bits per heavy atom. The van der Waals surface area contributed by atoms with E-state index in [0.29, 0.717) is 17.1 Å². The van der Waals surface area contributed by atoms with Gasteiger partial charge in [-0.05, 0) is 42.5 Å². The van der Waals surface area contributed by atoms with E-state index in [1.165, 1.54) is 18.3 Å². The van der Waals surface area contributed by atoms with Crippen LogP contribution in [-0.4, -0.2) is 10.9 Å². The Bertz CT molecular complexity index is 871. The van der Waals surface area contributed by atoms with Crippen LogP contribution >= 0.6 is 11.6 Å². The maximum Gasteiger partial charge on any atom is 0.274 e. The molecule has 24 heavy (non-hydrogen) atoms. The molecule has 4 nitrogen and oxygen atoms in total. The van der Waals surface area contributed by atoms with Crippen LogP contribution in [0, 0.1) is 5.82 Å². The molecule has 3 rings (SSSR count). The number of amides is 1. The quantitative estimate of drug-likeness (QED) is 0.711. The van der Waals surface area contributed by atoms with Crippen LogP contribution in [0.5, 0.6) is 0 Å². The highest BCUT2D eigenvalue weighted by Crippen LogP contribution is 2.23. The maximum absolute atomic E-state index is 13.2. The van der Waals surface area contributed by atoms with E-state index in [2.05, 4.69) is 15.6 Å². The van der Waals surface area contributed by atoms with Crippen molar-refractivity contribution in [1.82, 2.24) is 4.98 Å². The van der Waals surface area contributed by atoms with Crippen LogP contribution in [0.3, 0.4) is 0 Å². The molecule has 0 aliphatic rings. The molecule has 0 saturated carbocycles. The summed E-state index contributed by atoms with van der Waals surface area (Å²) in [5.74, 6) is -0.804. The number of anilines is 3. The summed E-state index contributed by atoms with van der Waals surface area (Å²) in [4.78, 5) is 16.3. The first-order valence-corrected chi connectivity index (χ1v) is 7.54. The molecule has 1 aromatic heterocycles. The summed E-state index contributed by atoms with van der Waals surface area (Å²) >= 11 is 5.76. The predicted octanol–water partition coefficient (Wildman–Crippen LogP) is 4.87. The summed E-state index contributed by atoms with van der Waals surface area (Å²) < 4.78 is 13.2.